The Morgan fingerprint density at radius 3 is 2.73 bits per heavy atom. The smallest absolute Gasteiger partial charge is 0.253 e. The molecular formula is C18H20N3O+. The molecular weight excluding hydrogens is 274 g/mol. The first kappa shape index (κ1) is 14.3. The lowest BCUT2D eigenvalue weighted by molar-refractivity contribution is -0.731. The van der Waals surface area contributed by atoms with E-state index < -0.39 is 0 Å². The Hall–Kier alpha value is -2.62. The Morgan fingerprint density at radius 2 is 2.09 bits per heavy atom. The molecule has 0 saturated heterocycles. The quantitative estimate of drug-likeness (QED) is 0.407. The summed E-state index contributed by atoms with van der Waals surface area (Å²) in [6.45, 7) is 2.81. The average Bonchev–Trinajstić information content (AvgIpc) is 2.95. The maximum absolute atomic E-state index is 10.1. The Morgan fingerprint density at radius 1 is 1.27 bits per heavy atom. The zero-order valence-corrected chi connectivity index (χ0v) is 12.7. The number of allylic oxidation sites excluding steroid dienone is 3. The molecule has 1 aromatic carbocycles. The minimum atomic E-state index is 0.808. The highest BCUT2D eigenvalue weighted by Crippen LogP contribution is 2.11. The van der Waals surface area contributed by atoms with Crippen LogP contribution in [-0.2, 0) is 6.54 Å². The predicted molar refractivity (Wildman–Crippen MR) is 86.2 cm³/mol. The number of aromatic nitrogens is 2. The van der Waals surface area contributed by atoms with Crippen molar-refractivity contribution in [2.45, 2.75) is 26.3 Å². The van der Waals surface area contributed by atoms with Crippen molar-refractivity contribution in [2.75, 3.05) is 0 Å². The van der Waals surface area contributed by atoms with Gasteiger partial charge in [0.05, 0.1) is 0 Å². The van der Waals surface area contributed by atoms with E-state index in [-0.39, 0.29) is 0 Å². The Labute approximate surface area is 130 Å². The lowest BCUT2D eigenvalue weighted by Crippen LogP contribution is -2.08. The first-order valence-electron chi connectivity index (χ1n) is 7.49. The van der Waals surface area contributed by atoms with Crippen molar-refractivity contribution in [3.8, 4) is 0 Å². The molecule has 0 unspecified atom stereocenters. The summed E-state index contributed by atoms with van der Waals surface area (Å²) in [5.41, 5.74) is 3.00. The SMILES string of the molecule is Cc1nccn1Cc1ccc(/C=[N+](\O)C2=CCCC=C2)cc1. The molecule has 112 valence electrons. The maximum atomic E-state index is 10.1. The van der Waals surface area contributed by atoms with Crippen molar-refractivity contribution in [3.63, 3.8) is 0 Å². The van der Waals surface area contributed by atoms with Crippen molar-refractivity contribution in [1.82, 2.24) is 9.55 Å². The molecule has 0 aliphatic heterocycles. The monoisotopic (exact) mass is 294 g/mol. The van der Waals surface area contributed by atoms with Crippen molar-refractivity contribution in [2.24, 2.45) is 0 Å². The van der Waals surface area contributed by atoms with Gasteiger partial charge in [0.1, 0.15) is 5.82 Å². The molecule has 3 rings (SSSR count). The van der Waals surface area contributed by atoms with Gasteiger partial charge >= 0.3 is 0 Å². The molecule has 0 spiro atoms. The fourth-order valence-electron chi connectivity index (χ4n) is 2.46. The second-order valence-electron chi connectivity index (χ2n) is 5.43. The number of aryl methyl sites for hydroxylation is 1. The fourth-order valence-corrected chi connectivity index (χ4v) is 2.46. The molecule has 0 saturated carbocycles. The number of hydrogen-bond acceptors (Lipinski definition) is 2. The Kier molecular flexibility index (Phi) is 4.19. The molecule has 0 fully saturated rings. The van der Waals surface area contributed by atoms with Crippen LogP contribution in [0.15, 0.2) is 60.6 Å². The molecule has 1 aliphatic rings. The van der Waals surface area contributed by atoms with Gasteiger partial charge in [0.15, 0.2) is 0 Å². The highest BCUT2D eigenvalue weighted by atomic mass is 16.5. The summed E-state index contributed by atoms with van der Waals surface area (Å²) in [4.78, 5) is 4.23. The molecule has 1 aliphatic carbocycles. The normalized spacial score (nSPS) is 15.0. The molecule has 22 heavy (non-hydrogen) atoms. The van der Waals surface area contributed by atoms with E-state index in [9.17, 15) is 5.21 Å². The third kappa shape index (κ3) is 3.34. The van der Waals surface area contributed by atoms with Crippen LogP contribution >= 0.6 is 0 Å². The maximum Gasteiger partial charge on any atom is 0.253 e. The van der Waals surface area contributed by atoms with Gasteiger partial charge in [-0.05, 0) is 43.5 Å². The first-order chi connectivity index (χ1) is 10.7. The van der Waals surface area contributed by atoms with Gasteiger partial charge in [0, 0.05) is 35.3 Å². The number of benzene rings is 1. The van der Waals surface area contributed by atoms with E-state index in [0.717, 1.165) is 36.5 Å². The highest BCUT2D eigenvalue weighted by molar-refractivity contribution is 5.75. The molecule has 1 N–H and O–H groups in total. The average molecular weight is 294 g/mol. The summed E-state index contributed by atoms with van der Waals surface area (Å²) in [7, 11) is 0. The highest BCUT2D eigenvalue weighted by Gasteiger charge is 2.10. The van der Waals surface area contributed by atoms with Gasteiger partial charge in [-0.25, -0.2) is 4.98 Å². The van der Waals surface area contributed by atoms with Crippen LogP contribution in [0, 0.1) is 6.92 Å². The molecule has 2 aromatic rings. The van der Waals surface area contributed by atoms with Crippen LogP contribution in [0.2, 0.25) is 0 Å². The number of rotatable bonds is 4. The lowest BCUT2D eigenvalue weighted by atomic mass is 10.1. The van der Waals surface area contributed by atoms with Crippen LogP contribution < -0.4 is 0 Å². The van der Waals surface area contributed by atoms with E-state index in [0.29, 0.717) is 0 Å². The van der Waals surface area contributed by atoms with Crippen LogP contribution in [0.4, 0.5) is 0 Å². The number of hydrogen-bond donors (Lipinski definition) is 1. The van der Waals surface area contributed by atoms with E-state index in [4.69, 9.17) is 0 Å². The largest absolute Gasteiger partial charge is 0.331 e. The number of imidazole rings is 1. The van der Waals surface area contributed by atoms with Gasteiger partial charge in [-0.2, -0.15) is 0 Å². The van der Waals surface area contributed by atoms with Crippen molar-refractivity contribution < 1.29 is 9.95 Å². The standard InChI is InChI=1S/C18H20N3O/c1-15-19-11-12-20(15)13-16-7-9-17(10-8-16)14-21(22)18-5-3-2-4-6-18/h3,5-12,14,22H,2,4,13H2,1H3/q+1/b21-14-. The second kappa shape index (κ2) is 6.43. The van der Waals surface area contributed by atoms with Crippen molar-refractivity contribution >= 4 is 6.21 Å². The van der Waals surface area contributed by atoms with E-state index in [1.165, 1.54) is 10.3 Å². The molecule has 0 atom stereocenters. The molecule has 4 nitrogen and oxygen atoms in total. The summed E-state index contributed by atoms with van der Waals surface area (Å²) in [6.07, 6.45) is 13.6. The zero-order valence-electron chi connectivity index (χ0n) is 12.7. The van der Waals surface area contributed by atoms with Crippen molar-refractivity contribution in [1.29, 1.82) is 0 Å². The Balaban J connectivity index is 1.73. The van der Waals surface area contributed by atoms with E-state index in [2.05, 4.69) is 27.8 Å². The van der Waals surface area contributed by atoms with Crippen LogP contribution in [0.5, 0.6) is 0 Å². The zero-order chi connectivity index (χ0) is 15.4. The van der Waals surface area contributed by atoms with E-state index in [1.807, 2.05) is 43.6 Å². The summed E-state index contributed by atoms with van der Waals surface area (Å²) in [6, 6.07) is 8.17. The fraction of sp³-hybridized carbons (Fsp3) is 0.222. The number of hydroxylamine groups is 1. The second-order valence-corrected chi connectivity index (χ2v) is 5.43. The van der Waals surface area contributed by atoms with Gasteiger partial charge in [-0.1, -0.05) is 18.2 Å². The molecule has 1 heterocycles. The topological polar surface area (TPSA) is 41.1 Å². The minimum Gasteiger partial charge on any atom is -0.331 e. The lowest BCUT2D eigenvalue weighted by Gasteiger charge is -2.05. The molecule has 0 radical (unpaired) electrons. The minimum absolute atomic E-state index is 0.808. The van der Waals surface area contributed by atoms with Crippen LogP contribution in [0.1, 0.15) is 29.8 Å². The van der Waals surface area contributed by atoms with Gasteiger partial charge in [-0.15, -0.1) is 0 Å². The number of nitrogens with zero attached hydrogens (tertiary/aromatic N) is 3. The van der Waals surface area contributed by atoms with Gasteiger partial charge in [0.2, 0.25) is 6.21 Å². The van der Waals surface area contributed by atoms with Crippen LogP contribution in [0.25, 0.3) is 0 Å². The Bertz CT molecular complexity index is 736. The predicted octanol–water partition coefficient (Wildman–Crippen LogP) is 3.29. The van der Waals surface area contributed by atoms with Crippen LogP contribution in [-0.4, -0.2) is 25.7 Å². The molecule has 0 amide bonds. The van der Waals surface area contributed by atoms with Gasteiger partial charge in [0.25, 0.3) is 5.70 Å². The van der Waals surface area contributed by atoms with E-state index in [1.54, 1.807) is 6.21 Å². The molecule has 1 aromatic heterocycles. The summed E-state index contributed by atoms with van der Waals surface area (Å²) < 4.78 is 3.29. The summed E-state index contributed by atoms with van der Waals surface area (Å²) >= 11 is 0. The van der Waals surface area contributed by atoms with Crippen molar-refractivity contribution in [3.05, 3.63) is 77.5 Å². The third-order valence-electron chi connectivity index (χ3n) is 3.77. The summed E-state index contributed by atoms with van der Waals surface area (Å²) in [5.74, 6) is 1.01. The van der Waals surface area contributed by atoms with Gasteiger partial charge in [-0.3, -0.25) is 5.21 Å². The van der Waals surface area contributed by atoms with Crippen LogP contribution in [0.3, 0.4) is 0 Å². The molecule has 4 heteroatoms. The third-order valence-corrected chi connectivity index (χ3v) is 3.77. The molecule has 0 bridgehead atoms. The first-order valence-corrected chi connectivity index (χ1v) is 7.49. The van der Waals surface area contributed by atoms with Gasteiger partial charge < -0.3 is 4.57 Å². The summed E-state index contributed by atoms with van der Waals surface area (Å²) in [5, 5.41) is 10.1. The van der Waals surface area contributed by atoms with E-state index >= 15 is 0 Å².